The summed E-state index contributed by atoms with van der Waals surface area (Å²) in [6, 6.07) is 0. The minimum Gasteiger partial charge on any atom is -0.303 e. The highest BCUT2D eigenvalue weighted by Gasteiger charge is 2.19. The summed E-state index contributed by atoms with van der Waals surface area (Å²) in [5.41, 5.74) is 0.391. The van der Waals surface area contributed by atoms with Crippen molar-refractivity contribution in [3.05, 3.63) is 11.6 Å². The van der Waals surface area contributed by atoms with Gasteiger partial charge in [-0.3, -0.25) is 14.9 Å². The maximum absolute atomic E-state index is 10.8. The lowest BCUT2D eigenvalue weighted by Gasteiger charge is -1.92. The van der Waals surface area contributed by atoms with Gasteiger partial charge in [-0.15, -0.1) is 0 Å². The van der Waals surface area contributed by atoms with Crippen LogP contribution in [-0.4, -0.2) is 18.1 Å². The van der Waals surface area contributed by atoms with Crippen LogP contribution in [0.3, 0.4) is 0 Å². The van der Waals surface area contributed by atoms with Gasteiger partial charge in [0.05, 0.1) is 0 Å². The maximum atomic E-state index is 10.8. The molecule has 0 atom stereocenters. The average molecular weight is 153 g/mol. The Hall–Kier alpha value is -1.45. The molecule has 0 unspecified atom stereocenters. The maximum Gasteiger partial charge on any atom is 0.254 e. The minimum absolute atomic E-state index is 0.284. The van der Waals surface area contributed by atoms with E-state index in [1.54, 1.807) is 0 Å². The molecular formula is C7H7NO3. The third-order valence-electron chi connectivity index (χ3n) is 1.37. The van der Waals surface area contributed by atoms with Crippen molar-refractivity contribution >= 4 is 18.1 Å². The number of carbonyl (C=O) groups excluding carboxylic acids is 3. The van der Waals surface area contributed by atoms with Crippen molar-refractivity contribution in [3.8, 4) is 0 Å². The summed E-state index contributed by atoms with van der Waals surface area (Å²) in [5, 5.41) is 2.09. The lowest BCUT2D eigenvalue weighted by molar-refractivity contribution is -0.123. The van der Waals surface area contributed by atoms with Gasteiger partial charge in [0.25, 0.3) is 11.8 Å². The van der Waals surface area contributed by atoms with Gasteiger partial charge >= 0.3 is 0 Å². The molecule has 11 heavy (non-hydrogen) atoms. The Morgan fingerprint density at radius 1 is 1.45 bits per heavy atom. The summed E-state index contributed by atoms with van der Waals surface area (Å²) in [5.74, 6) is -0.771. The lowest BCUT2D eigenvalue weighted by atomic mass is 10.1. The zero-order valence-corrected chi connectivity index (χ0v) is 5.79. The lowest BCUT2D eigenvalue weighted by Crippen LogP contribution is -2.22. The molecule has 4 heteroatoms. The first kappa shape index (κ1) is 7.65. The van der Waals surface area contributed by atoms with Crippen LogP contribution in [0.4, 0.5) is 0 Å². The second kappa shape index (κ2) is 3.09. The highest BCUT2D eigenvalue weighted by Crippen LogP contribution is 2.08. The van der Waals surface area contributed by atoms with Crippen molar-refractivity contribution in [2.75, 3.05) is 0 Å². The molecule has 0 saturated heterocycles. The zero-order valence-electron chi connectivity index (χ0n) is 5.79. The van der Waals surface area contributed by atoms with Gasteiger partial charge in [0.15, 0.2) is 0 Å². The molecule has 0 aromatic carbocycles. The van der Waals surface area contributed by atoms with E-state index in [4.69, 9.17) is 0 Å². The smallest absolute Gasteiger partial charge is 0.254 e. The van der Waals surface area contributed by atoms with E-state index in [0.717, 1.165) is 6.29 Å². The molecule has 1 rings (SSSR count). The van der Waals surface area contributed by atoms with Crippen molar-refractivity contribution in [1.82, 2.24) is 5.32 Å². The van der Waals surface area contributed by atoms with Crippen LogP contribution in [0.15, 0.2) is 11.6 Å². The number of aldehydes is 1. The Morgan fingerprint density at radius 3 is 2.64 bits per heavy atom. The molecule has 0 aromatic heterocycles. The highest BCUT2D eigenvalue weighted by molar-refractivity contribution is 6.16. The molecule has 1 aliphatic rings. The van der Waals surface area contributed by atoms with Crippen LogP contribution in [0.25, 0.3) is 0 Å². The number of nitrogens with one attached hydrogen (secondary N) is 1. The largest absolute Gasteiger partial charge is 0.303 e. The zero-order chi connectivity index (χ0) is 8.27. The van der Waals surface area contributed by atoms with Crippen molar-refractivity contribution in [1.29, 1.82) is 0 Å². The fraction of sp³-hybridized carbons (Fsp3) is 0.286. The van der Waals surface area contributed by atoms with E-state index in [9.17, 15) is 14.4 Å². The SMILES string of the molecule is O=CCCC1=CC(=O)NC1=O. The number of hydrogen-bond donors (Lipinski definition) is 1. The predicted octanol–water partition coefficient (Wildman–Crippen LogP) is -0.452. The molecule has 1 heterocycles. The summed E-state index contributed by atoms with van der Waals surface area (Å²) in [6.45, 7) is 0. The van der Waals surface area contributed by atoms with Gasteiger partial charge in [0.2, 0.25) is 0 Å². The summed E-state index contributed by atoms with van der Waals surface area (Å²) in [7, 11) is 0. The van der Waals surface area contributed by atoms with Gasteiger partial charge in [-0.25, -0.2) is 0 Å². The van der Waals surface area contributed by atoms with E-state index < -0.39 is 5.91 Å². The normalized spacial score (nSPS) is 16.2. The summed E-state index contributed by atoms with van der Waals surface area (Å²) < 4.78 is 0. The molecule has 58 valence electrons. The first-order valence-electron chi connectivity index (χ1n) is 3.23. The number of carbonyl (C=O) groups is 3. The average Bonchev–Trinajstić information content (AvgIpc) is 2.26. The van der Waals surface area contributed by atoms with E-state index in [2.05, 4.69) is 5.32 Å². The van der Waals surface area contributed by atoms with Crippen molar-refractivity contribution in [3.63, 3.8) is 0 Å². The highest BCUT2D eigenvalue weighted by atomic mass is 16.2. The van der Waals surface area contributed by atoms with E-state index in [1.807, 2.05) is 0 Å². The van der Waals surface area contributed by atoms with Crippen LogP contribution in [-0.2, 0) is 14.4 Å². The molecule has 0 saturated carbocycles. The molecule has 0 radical (unpaired) electrons. The van der Waals surface area contributed by atoms with Crippen LogP contribution in [0.5, 0.6) is 0 Å². The van der Waals surface area contributed by atoms with Crippen molar-refractivity contribution in [2.24, 2.45) is 0 Å². The molecule has 0 fully saturated rings. The minimum atomic E-state index is -0.393. The molecule has 1 aliphatic heterocycles. The fourth-order valence-corrected chi connectivity index (χ4v) is 0.852. The van der Waals surface area contributed by atoms with E-state index in [1.165, 1.54) is 6.08 Å². The summed E-state index contributed by atoms with van der Waals surface area (Å²) in [4.78, 5) is 31.2. The van der Waals surface area contributed by atoms with Crippen molar-refractivity contribution in [2.45, 2.75) is 12.8 Å². The van der Waals surface area contributed by atoms with Crippen LogP contribution in [0.2, 0.25) is 0 Å². The third kappa shape index (κ3) is 1.73. The van der Waals surface area contributed by atoms with E-state index >= 15 is 0 Å². The van der Waals surface area contributed by atoms with Gasteiger partial charge in [-0.05, 0) is 6.42 Å². The molecule has 1 N–H and O–H groups in total. The fourth-order valence-electron chi connectivity index (χ4n) is 0.852. The second-order valence-electron chi connectivity index (χ2n) is 2.19. The van der Waals surface area contributed by atoms with Gasteiger partial charge < -0.3 is 4.79 Å². The monoisotopic (exact) mass is 153 g/mol. The van der Waals surface area contributed by atoms with Crippen LogP contribution in [0, 0.1) is 0 Å². The molecule has 0 aliphatic carbocycles. The Kier molecular flexibility index (Phi) is 2.15. The van der Waals surface area contributed by atoms with Crippen LogP contribution in [0.1, 0.15) is 12.8 Å². The van der Waals surface area contributed by atoms with Gasteiger partial charge in [0, 0.05) is 18.1 Å². The van der Waals surface area contributed by atoms with E-state index in [-0.39, 0.29) is 12.3 Å². The van der Waals surface area contributed by atoms with Crippen LogP contribution < -0.4 is 5.32 Å². The molecule has 0 spiro atoms. The Bertz CT molecular complexity index is 242. The van der Waals surface area contributed by atoms with Crippen molar-refractivity contribution < 1.29 is 14.4 Å². The Morgan fingerprint density at radius 2 is 2.18 bits per heavy atom. The summed E-state index contributed by atoms with van der Waals surface area (Å²) in [6.07, 6.45) is 2.58. The molecule has 4 nitrogen and oxygen atoms in total. The van der Waals surface area contributed by atoms with Gasteiger partial charge in [-0.2, -0.15) is 0 Å². The van der Waals surface area contributed by atoms with Gasteiger partial charge in [0.1, 0.15) is 6.29 Å². The van der Waals surface area contributed by atoms with Gasteiger partial charge in [-0.1, -0.05) is 0 Å². The predicted molar refractivity (Wildman–Crippen MR) is 36.5 cm³/mol. The van der Waals surface area contributed by atoms with Crippen LogP contribution >= 0.6 is 0 Å². The number of hydrogen-bond acceptors (Lipinski definition) is 3. The first-order valence-corrected chi connectivity index (χ1v) is 3.23. The topological polar surface area (TPSA) is 63.2 Å². The molecular weight excluding hydrogens is 146 g/mol. The Labute approximate surface area is 63.3 Å². The molecule has 2 amide bonds. The number of imide groups is 1. The standard InChI is InChI=1S/C7H7NO3/c9-3-1-2-5-4-6(10)8-7(5)11/h3-4H,1-2H2,(H,8,10,11). The Balaban J connectivity index is 2.56. The molecule has 0 aromatic rings. The first-order chi connectivity index (χ1) is 5.24. The van der Waals surface area contributed by atoms with E-state index in [0.29, 0.717) is 12.0 Å². The summed E-state index contributed by atoms with van der Waals surface area (Å²) >= 11 is 0. The molecule has 0 bridgehead atoms. The number of amides is 2. The second-order valence-corrected chi connectivity index (χ2v) is 2.19. The quantitative estimate of drug-likeness (QED) is 0.441. The number of rotatable bonds is 3. The third-order valence-corrected chi connectivity index (χ3v) is 1.37.